The van der Waals surface area contributed by atoms with Crippen molar-refractivity contribution in [2.24, 2.45) is 0 Å². The number of fused-ring (bicyclic) bond motifs is 16. The third-order valence-electron chi connectivity index (χ3n) is 16.1. The van der Waals surface area contributed by atoms with Crippen molar-refractivity contribution in [3.8, 4) is 34.4 Å². The molecule has 4 aliphatic rings. The first kappa shape index (κ1) is 40.0. The van der Waals surface area contributed by atoms with Crippen LogP contribution in [0.3, 0.4) is 0 Å². The molecular formula is C66H40B2N4O2. The molecule has 13 aromatic rings. The smallest absolute Gasteiger partial charge is 0.256 e. The van der Waals surface area contributed by atoms with Gasteiger partial charge in [0.05, 0.1) is 33.4 Å². The Hall–Kier alpha value is -9.65. The van der Waals surface area contributed by atoms with Crippen LogP contribution in [-0.4, -0.2) is 22.6 Å². The molecule has 0 spiro atoms. The van der Waals surface area contributed by atoms with Gasteiger partial charge in [0.15, 0.2) is 0 Å². The van der Waals surface area contributed by atoms with Crippen LogP contribution in [0.4, 0.5) is 34.1 Å². The average molecular weight is 943 g/mol. The fourth-order valence-electron chi connectivity index (χ4n) is 13.3. The van der Waals surface area contributed by atoms with Crippen molar-refractivity contribution in [3.05, 3.63) is 243 Å². The van der Waals surface area contributed by atoms with E-state index in [9.17, 15) is 0 Å². The molecule has 0 unspecified atom stereocenters. The molecule has 0 N–H and O–H groups in total. The zero-order valence-corrected chi connectivity index (χ0v) is 39.9. The quantitative estimate of drug-likeness (QED) is 0.165. The van der Waals surface area contributed by atoms with Gasteiger partial charge >= 0.3 is 0 Å². The molecule has 0 bridgehead atoms. The lowest BCUT2D eigenvalue weighted by Crippen LogP contribution is -2.63. The molecule has 0 radical (unpaired) electrons. The molecule has 0 fully saturated rings. The van der Waals surface area contributed by atoms with Gasteiger partial charge in [0.25, 0.3) is 13.4 Å². The summed E-state index contributed by atoms with van der Waals surface area (Å²) >= 11 is 0. The number of nitrogens with zero attached hydrogens (tertiary/aromatic N) is 4. The van der Waals surface area contributed by atoms with Crippen molar-refractivity contribution in [2.75, 3.05) is 9.80 Å². The highest BCUT2D eigenvalue weighted by molar-refractivity contribution is 7.02. The Morgan fingerprint density at radius 3 is 1.08 bits per heavy atom. The molecule has 6 heterocycles. The van der Waals surface area contributed by atoms with E-state index in [2.05, 4.69) is 262 Å². The number of anilines is 6. The van der Waals surface area contributed by atoms with Crippen molar-refractivity contribution in [2.45, 2.75) is 0 Å². The van der Waals surface area contributed by atoms with Crippen molar-refractivity contribution in [1.29, 1.82) is 0 Å². The SMILES string of the molecule is c1ccc(N2c3cc4c(cc3B3c5ccccc5Oc5cc6c(c2c53)c2ccccc2n6-c2ccccc2)B2c3ccccc3Oc3cc5c(c(c32)N4c2ccccc2)c2ccccc2n5-c2ccccc2)cc1. The minimum absolute atomic E-state index is 0.152. The highest BCUT2D eigenvalue weighted by atomic mass is 16.5. The first-order valence-electron chi connectivity index (χ1n) is 25.5. The maximum absolute atomic E-state index is 7.21. The Morgan fingerprint density at radius 2 is 0.649 bits per heavy atom. The number of benzene rings is 11. The number of hydrogen-bond donors (Lipinski definition) is 0. The summed E-state index contributed by atoms with van der Waals surface area (Å²) in [4.78, 5) is 5.10. The second-order valence-corrected chi connectivity index (χ2v) is 19.9. The summed E-state index contributed by atoms with van der Waals surface area (Å²) < 4.78 is 19.2. The van der Waals surface area contributed by atoms with Crippen LogP contribution >= 0.6 is 0 Å². The van der Waals surface area contributed by atoms with Crippen LogP contribution in [0.15, 0.2) is 243 Å². The zero-order chi connectivity index (χ0) is 48.2. The van der Waals surface area contributed by atoms with Crippen molar-refractivity contribution < 1.29 is 9.47 Å². The monoisotopic (exact) mass is 942 g/mol. The van der Waals surface area contributed by atoms with Gasteiger partial charge < -0.3 is 28.4 Å². The molecule has 0 saturated carbocycles. The van der Waals surface area contributed by atoms with E-state index in [1.807, 2.05) is 0 Å². The third-order valence-corrected chi connectivity index (χ3v) is 16.1. The van der Waals surface area contributed by atoms with Gasteiger partial charge in [0, 0.05) is 67.8 Å². The highest BCUT2D eigenvalue weighted by Gasteiger charge is 2.48. The second kappa shape index (κ2) is 14.9. The molecule has 0 aliphatic carbocycles. The number of para-hydroxylation sites is 8. The molecule has 2 aromatic heterocycles. The highest BCUT2D eigenvalue weighted by Crippen LogP contribution is 2.52. The van der Waals surface area contributed by atoms with Gasteiger partial charge in [-0.1, -0.05) is 152 Å². The van der Waals surface area contributed by atoms with Gasteiger partial charge in [-0.2, -0.15) is 0 Å². The molecule has 17 rings (SSSR count). The van der Waals surface area contributed by atoms with E-state index in [0.29, 0.717) is 0 Å². The molecule has 8 heteroatoms. The lowest BCUT2D eigenvalue weighted by atomic mass is 9.30. The number of rotatable bonds is 4. The molecule has 11 aromatic carbocycles. The van der Waals surface area contributed by atoms with Crippen LogP contribution in [0.1, 0.15) is 0 Å². The Morgan fingerprint density at radius 1 is 0.284 bits per heavy atom. The summed E-state index contributed by atoms with van der Waals surface area (Å²) in [5, 5.41) is 4.75. The number of aromatic nitrogens is 2. The lowest BCUT2D eigenvalue weighted by Gasteiger charge is -2.44. The van der Waals surface area contributed by atoms with Crippen LogP contribution in [0.5, 0.6) is 23.0 Å². The number of ether oxygens (including phenoxy) is 2. The molecule has 74 heavy (non-hydrogen) atoms. The van der Waals surface area contributed by atoms with Gasteiger partial charge in [-0.25, -0.2) is 0 Å². The van der Waals surface area contributed by atoms with Crippen LogP contribution < -0.4 is 52.1 Å². The van der Waals surface area contributed by atoms with Gasteiger partial charge in [0.1, 0.15) is 23.0 Å². The fraction of sp³-hybridized carbons (Fsp3) is 0. The predicted octanol–water partition coefficient (Wildman–Crippen LogP) is 12.7. The van der Waals surface area contributed by atoms with E-state index in [1.165, 1.54) is 43.4 Å². The first-order valence-corrected chi connectivity index (χ1v) is 25.5. The molecule has 0 saturated heterocycles. The molecule has 342 valence electrons. The molecule has 6 nitrogen and oxygen atoms in total. The zero-order valence-electron chi connectivity index (χ0n) is 39.9. The fourth-order valence-corrected chi connectivity index (χ4v) is 13.3. The number of hydrogen-bond acceptors (Lipinski definition) is 4. The Bertz CT molecular complexity index is 4230. The second-order valence-electron chi connectivity index (χ2n) is 19.9. The van der Waals surface area contributed by atoms with Gasteiger partial charge in [-0.05, 0) is 112 Å². The summed E-state index contributed by atoms with van der Waals surface area (Å²) in [6.45, 7) is -0.304. The maximum atomic E-state index is 7.21. The summed E-state index contributed by atoms with van der Waals surface area (Å²) in [5.74, 6) is 3.49. The van der Waals surface area contributed by atoms with E-state index < -0.39 is 0 Å². The van der Waals surface area contributed by atoms with E-state index >= 15 is 0 Å². The Kier molecular flexibility index (Phi) is 8.08. The van der Waals surface area contributed by atoms with Crippen molar-refractivity contribution in [1.82, 2.24) is 9.13 Å². The lowest BCUT2D eigenvalue weighted by molar-refractivity contribution is 0.488. The Labute approximate surface area is 427 Å². The Balaban J connectivity index is 1.05. The van der Waals surface area contributed by atoms with Crippen LogP contribution in [0, 0.1) is 0 Å². The van der Waals surface area contributed by atoms with Crippen molar-refractivity contribution in [3.63, 3.8) is 0 Å². The topological polar surface area (TPSA) is 34.8 Å². The predicted molar refractivity (Wildman–Crippen MR) is 307 cm³/mol. The molecule has 0 amide bonds. The van der Waals surface area contributed by atoms with Gasteiger partial charge in [-0.15, -0.1) is 0 Å². The van der Waals surface area contributed by atoms with E-state index in [-0.39, 0.29) is 13.4 Å². The maximum Gasteiger partial charge on any atom is 0.256 e. The minimum Gasteiger partial charge on any atom is -0.458 e. The normalized spacial score (nSPS) is 13.5. The van der Waals surface area contributed by atoms with E-state index in [4.69, 9.17) is 9.47 Å². The summed E-state index contributed by atoms with van der Waals surface area (Å²) in [7, 11) is 0. The first-order chi connectivity index (χ1) is 36.8. The molecular weight excluding hydrogens is 902 g/mol. The van der Waals surface area contributed by atoms with Crippen molar-refractivity contribution >= 4 is 124 Å². The largest absolute Gasteiger partial charge is 0.458 e. The van der Waals surface area contributed by atoms with E-state index in [0.717, 1.165) is 101 Å². The van der Waals surface area contributed by atoms with Gasteiger partial charge in [-0.3, -0.25) is 0 Å². The molecule has 4 aliphatic heterocycles. The summed E-state index contributed by atoms with van der Waals surface area (Å²) in [6.07, 6.45) is 0. The van der Waals surface area contributed by atoms with Crippen LogP contribution in [-0.2, 0) is 0 Å². The summed E-state index contributed by atoms with van der Waals surface area (Å²) in [6, 6.07) is 88.3. The van der Waals surface area contributed by atoms with Crippen LogP contribution in [0.2, 0.25) is 0 Å². The average Bonchev–Trinajstić information content (AvgIpc) is 3.98. The third kappa shape index (κ3) is 5.30. The standard InChI is InChI=1S/C66H40B2N4O2/c1-5-21-41(22-6-1)69-51-33-17-13-29-45(51)61-55(69)39-59-63-65(61)71(43-25-9-3-10-26-43)53-38-54-50(37-49(53)67(63)47-31-15-19-35-57(47)73-59)68-48-32-16-20-36-58(48)74-60-40-56-62(66(64(60)68)72(54)44-27-11-4-12-28-44)46-30-14-18-34-52(46)70(56)42-23-7-2-8-24-42/h1-40H. The minimum atomic E-state index is -0.152. The van der Waals surface area contributed by atoms with E-state index in [1.54, 1.807) is 0 Å². The molecule has 0 atom stereocenters. The summed E-state index contributed by atoms with van der Waals surface area (Å²) in [5.41, 5.74) is 20.5. The van der Waals surface area contributed by atoms with Gasteiger partial charge in [0.2, 0.25) is 0 Å². The van der Waals surface area contributed by atoms with Crippen LogP contribution in [0.25, 0.3) is 55.0 Å².